The first-order valence-corrected chi connectivity index (χ1v) is 11.6. The first-order valence-electron chi connectivity index (χ1n) is 11.2. The SMILES string of the molecule is CCC(C(=O)OCc1ccccc1)N(CCC(C)C)C1(c2ccc(Cl)cc2)CCC1. The normalized spacial score (nSPS) is 16.3. The van der Waals surface area contributed by atoms with Crippen LogP contribution in [0.2, 0.25) is 5.02 Å². The third-order valence-corrected chi connectivity index (χ3v) is 6.57. The van der Waals surface area contributed by atoms with Gasteiger partial charge in [0, 0.05) is 17.1 Å². The lowest BCUT2D eigenvalue weighted by atomic mass is 9.69. The van der Waals surface area contributed by atoms with E-state index in [0.29, 0.717) is 12.5 Å². The average Bonchev–Trinajstić information content (AvgIpc) is 2.71. The Morgan fingerprint density at radius 1 is 1.10 bits per heavy atom. The van der Waals surface area contributed by atoms with Gasteiger partial charge in [-0.25, -0.2) is 0 Å². The summed E-state index contributed by atoms with van der Waals surface area (Å²) < 4.78 is 5.79. The lowest BCUT2D eigenvalue weighted by Gasteiger charge is -2.53. The number of carbonyl (C=O) groups is 1. The Bertz CT molecular complexity index is 800. The second-order valence-corrected chi connectivity index (χ2v) is 9.22. The molecular formula is C26H34ClNO2. The molecule has 30 heavy (non-hydrogen) atoms. The van der Waals surface area contributed by atoms with E-state index in [1.165, 1.54) is 12.0 Å². The predicted octanol–water partition coefficient (Wildman–Crippen LogP) is 6.59. The first kappa shape index (κ1) is 22.8. The number of ether oxygens (including phenoxy) is 1. The molecular weight excluding hydrogens is 394 g/mol. The molecule has 162 valence electrons. The Morgan fingerprint density at radius 2 is 1.77 bits per heavy atom. The van der Waals surface area contributed by atoms with Crippen LogP contribution in [0.3, 0.4) is 0 Å². The fourth-order valence-electron chi connectivity index (χ4n) is 4.42. The minimum absolute atomic E-state index is 0.105. The van der Waals surface area contributed by atoms with E-state index in [1.54, 1.807) is 0 Å². The molecule has 0 saturated heterocycles. The molecule has 0 bridgehead atoms. The van der Waals surface area contributed by atoms with E-state index in [-0.39, 0.29) is 17.6 Å². The first-order chi connectivity index (χ1) is 14.5. The van der Waals surface area contributed by atoms with E-state index >= 15 is 0 Å². The molecule has 1 aliphatic carbocycles. The molecule has 1 unspecified atom stereocenters. The van der Waals surface area contributed by atoms with Crippen molar-refractivity contribution in [2.45, 2.75) is 71.1 Å². The molecule has 2 aromatic rings. The Kier molecular flexibility index (Phi) is 7.96. The molecule has 0 aromatic heterocycles. The zero-order valence-corrected chi connectivity index (χ0v) is 19.2. The minimum atomic E-state index is -0.247. The number of hydrogen-bond donors (Lipinski definition) is 0. The lowest BCUT2D eigenvalue weighted by Crippen LogP contribution is -2.58. The monoisotopic (exact) mass is 427 g/mol. The highest BCUT2D eigenvalue weighted by molar-refractivity contribution is 6.30. The maximum absolute atomic E-state index is 13.2. The predicted molar refractivity (Wildman–Crippen MR) is 123 cm³/mol. The summed E-state index contributed by atoms with van der Waals surface area (Å²) in [6, 6.07) is 17.8. The largest absolute Gasteiger partial charge is 0.460 e. The Labute approximate surface area is 186 Å². The van der Waals surface area contributed by atoms with Crippen LogP contribution in [0.4, 0.5) is 0 Å². The van der Waals surface area contributed by atoms with Crippen LogP contribution in [0.25, 0.3) is 0 Å². The van der Waals surface area contributed by atoms with Crippen LogP contribution in [-0.2, 0) is 21.7 Å². The van der Waals surface area contributed by atoms with Crippen LogP contribution in [0, 0.1) is 5.92 Å². The molecule has 0 spiro atoms. The molecule has 0 radical (unpaired) electrons. The third-order valence-electron chi connectivity index (χ3n) is 6.32. The van der Waals surface area contributed by atoms with Gasteiger partial charge in [0.1, 0.15) is 12.6 Å². The molecule has 0 amide bonds. The van der Waals surface area contributed by atoms with Crippen LogP contribution >= 0.6 is 11.6 Å². The van der Waals surface area contributed by atoms with Crippen LogP contribution in [0.1, 0.15) is 64.0 Å². The fraction of sp³-hybridized carbons (Fsp3) is 0.500. The van der Waals surface area contributed by atoms with E-state index in [2.05, 4.69) is 37.8 Å². The van der Waals surface area contributed by atoms with Gasteiger partial charge in [0.05, 0.1) is 0 Å². The van der Waals surface area contributed by atoms with Crippen molar-refractivity contribution in [2.75, 3.05) is 6.54 Å². The molecule has 4 heteroatoms. The second-order valence-electron chi connectivity index (χ2n) is 8.79. The van der Waals surface area contributed by atoms with Crippen molar-refractivity contribution in [2.24, 2.45) is 5.92 Å². The van der Waals surface area contributed by atoms with Crippen molar-refractivity contribution in [1.82, 2.24) is 4.90 Å². The van der Waals surface area contributed by atoms with Crippen molar-refractivity contribution < 1.29 is 9.53 Å². The average molecular weight is 428 g/mol. The van der Waals surface area contributed by atoms with E-state index in [4.69, 9.17) is 16.3 Å². The zero-order valence-electron chi connectivity index (χ0n) is 18.4. The summed E-state index contributed by atoms with van der Waals surface area (Å²) >= 11 is 6.16. The van der Waals surface area contributed by atoms with Crippen LogP contribution in [0.15, 0.2) is 54.6 Å². The summed E-state index contributed by atoms with van der Waals surface area (Å²) in [4.78, 5) is 15.7. The summed E-state index contributed by atoms with van der Waals surface area (Å²) in [5.74, 6) is 0.457. The molecule has 0 aliphatic heterocycles. The van der Waals surface area contributed by atoms with Gasteiger partial charge in [0.25, 0.3) is 0 Å². The fourth-order valence-corrected chi connectivity index (χ4v) is 4.54. The number of nitrogens with zero attached hydrogens (tertiary/aromatic N) is 1. The van der Waals surface area contributed by atoms with Crippen molar-refractivity contribution in [3.63, 3.8) is 0 Å². The molecule has 1 atom stereocenters. The number of carbonyl (C=O) groups excluding carboxylic acids is 1. The van der Waals surface area contributed by atoms with Gasteiger partial charge in [-0.15, -0.1) is 0 Å². The summed E-state index contributed by atoms with van der Waals surface area (Å²) in [5, 5.41) is 0.747. The molecule has 1 fully saturated rings. The van der Waals surface area contributed by atoms with Crippen molar-refractivity contribution in [1.29, 1.82) is 0 Å². The van der Waals surface area contributed by atoms with Gasteiger partial charge in [-0.1, -0.05) is 74.8 Å². The maximum Gasteiger partial charge on any atom is 0.323 e. The number of halogens is 1. The molecule has 3 nitrogen and oxygen atoms in total. The number of hydrogen-bond acceptors (Lipinski definition) is 3. The third kappa shape index (κ3) is 5.25. The maximum atomic E-state index is 13.2. The number of rotatable bonds is 10. The van der Waals surface area contributed by atoms with E-state index in [1.807, 2.05) is 42.5 Å². The highest BCUT2D eigenvalue weighted by Gasteiger charge is 2.47. The van der Waals surface area contributed by atoms with Crippen LogP contribution < -0.4 is 0 Å². The quantitative estimate of drug-likeness (QED) is 0.400. The zero-order chi connectivity index (χ0) is 21.6. The molecule has 0 N–H and O–H groups in total. The van der Waals surface area contributed by atoms with Crippen molar-refractivity contribution in [3.8, 4) is 0 Å². The topological polar surface area (TPSA) is 29.5 Å². The molecule has 3 rings (SSSR count). The highest BCUT2D eigenvalue weighted by Crippen LogP contribution is 2.48. The van der Waals surface area contributed by atoms with Gasteiger partial charge in [0.2, 0.25) is 0 Å². The summed E-state index contributed by atoms with van der Waals surface area (Å²) in [6.07, 6.45) is 5.10. The molecule has 2 aromatic carbocycles. The van der Waals surface area contributed by atoms with Crippen LogP contribution in [-0.4, -0.2) is 23.5 Å². The van der Waals surface area contributed by atoms with Crippen molar-refractivity contribution in [3.05, 3.63) is 70.7 Å². The van der Waals surface area contributed by atoms with Gasteiger partial charge < -0.3 is 4.74 Å². The summed E-state index contributed by atoms with van der Waals surface area (Å²) in [6.45, 7) is 7.78. The minimum Gasteiger partial charge on any atom is -0.460 e. The molecule has 0 heterocycles. The number of benzene rings is 2. The van der Waals surface area contributed by atoms with Crippen LogP contribution in [0.5, 0.6) is 0 Å². The Balaban J connectivity index is 1.84. The number of esters is 1. The lowest BCUT2D eigenvalue weighted by molar-refractivity contribution is -0.157. The highest BCUT2D eigenvalue weighted by atomic mass is 35.5. The Morgan fingerprint density at radius 3 is 2.30 bits per heavy atom. The summed E-state index contributed by atoms with van der Waals surface area (Å²) in [7, 11) is 0. The van der Waals surface area contributed by atoms with E-state index in [9.17, 15) is 4.79 Å². The molecule has 1 saturated carbocycles. The smallest absolute Gasteiger partial charge is 0.323 e. The second kappa shape index (κ2) is 10.5. The van der Waals surface area contributed by atoms with Gasteiger partial charge in [0.15, 0.2) is 0 Å². The van der Waals surface area contributed by atoms with Gasteiger partial charge in [-0.3, -0.25) is 9.69 Å². The van der Waals surface area contributed by atoms with Gasteiger partial charge in [-0.2, -0.15) is 0 Å². The summed E-state index contributed by atoms with van der Waals surface area (Å²) in [5.41, 5.74) is 2.17. The van der Waals surface area contributed by atoms with E-state index in [0.717, 1.165) is 42.8 Å². The Hall–Kier alpha value is -1.84. The molecule has 1 aliphatic rings. The van der Waals surface area contributed by atoms with Gasteiger partial charge in [-0.05, 0) is 61.3 Å². The van der Waals surface area contributed by atoms with E-state index < -0.39 is 0 Å². The standard InChI is InChI=1S/C26H34ClNO2/c1-4-24(25(29)30-19-21-9-6-5-7-10-21)28(18-15-20(2)3)26(16-8-17-26)22-11-13-23(27)14-12-22/h5-7,9-14,20,24H,4,8,15-19H2,1-3H3. The van der Waals surface area contributed by atoms with Gasteiger partial charge >= 0.3 is 5.97 Å². The van der Waals surface area contributed by atoms with Crippen molar-refractivity contribution >= 4 is 17.6 Å².